The summed E-state index contributed by atoms with van der Waals surface area (Å²) in [6.07, 6.45) is 9.16. The maximum absolute atomic E-state index is 12.9. The molecule has 6 heteroatoms. The van der Waals surface area contributed by atoms with E-state index in [1.54, 1.807) is 0 Å². The number of nitrogens with one attached hydrogen (secondary N) is 2. The topological polar surface area (TPSA) is 57.8 Å². The van der Waals surface area contributed by atoms with Crippen molar-refractivity contribution in [2.75, 3.05) is 5.32 Å². The van der Waals surface area contributed by atoms with Crippen molar-refractivity contribution < 1.29 is 4.79 Å². The van der Waals surface area contributed by atoms with Crippen LogP contribution in [0.1, 0.15) is 46.6 Å². The number of aryl methyl sites for hydroxylation is 1. The Bertz CT molecular complexity index is 1460. The summed E-state index contributed by atoms with van der Waals surface area (Å²) in [5, 5.41) is 5.40. The van der Waals surface area contributed by atoms with E-state index >= 15 is 0 Å². The average molecular weight is 563 g/mol. The van der Waals surface area contributed by atoms with E-state index in [0.717, 1.165) is 50.8 Å². The summed E-state index contributed by atoms with van der Waals surface area (Å²) in [6, 6.07) is 14.4. The van der Waals surface area contributed by atoms with Crippen LogP contribution in [0.15, 0.2) is 57.6 Å². The lowest BCUT2D eigenvalue weighted by Crippen LogP contribution is -2.05. The fraction of sp³-hybridized carbons (Fsp3) is 0.185. The summed E-state index contributed by atoms with van der Waals surface area (Å²) in [5.41, 5.74) is 8.46. The van der Waals surface area contributed by atoms with Gasteiger partial charge in [-0.15, -0.1) is 0 Å². The molecule has 164 valence electrons. The number of rotatable bonds is 3. The number of benzene rings is 2. The molecule has 0 saturated carbocycles. The van der Waals surface area contributed by atoms with Crippen LogP contribution in [0.3, 0.4) is 0 Å². The Hall–Kier alpha value is -2.70. The molecule has 4 nitrogen and oxygen atoms in total. The van der Waals surface area contributed by atoms with Gasteiger partial charge in [-0.05, 0) is 82.4 Å². The number of amides is 1. The second-order valence-corrected chi connectivity index (χ2v) is 10.4. The summed E-state index contributed by atoms with van der Waals surface area (Å²) in [5.74, 6) is -0.0781. The highest BCUT2D eigenvalue weighted by molar-refractivity contribution is 9.11. The quantitative estimate of drug-likeness (QED) is 0.263. The van der Waals surface area contributed by atoms with E-state index < -0.39 is 0 Å². The number of halogens is 2. The number of nitrogens with zero attached hydrogens (tertiary/aromatic N) is 1. The zero-order valence-electron chi connectivity index (χ0n) is 17.8. The molecule has 0 radical (unpaired) electrons. The second-order valence-electron chi connectivity index (χ2n) is 8.66. The van der Waals surface area contributed by atoms with E-state index in [9.17, 15) is 4.79 Å². The van der Waals surface area contributed by atoms with Gasteiger partial charge in [-0.25, -0.2) is 0 Å². The van der Waals surface area contributed by atoms with Crippen molar-refractivity contribution >= 4 is 65.9 Å². The Balaban J connectivity index is 1.51. The number of hydrogen-bond donors (Lipinski definition) is 2. The van der Waals surface area contributed by atoms with Gasteiger partial charge in [0.15, 0.2) is 0 Å². The lowest BCUT2D eigenvalue weighted by molar-refractivity contribution is -0.110. The summed E-state index contributed by atoms with van der Waals surface area (Å²) < 4.78 is 1.80. The predicted octanol–water partition coefficient (Wildman–Crippen LogP) is 7.05. The number of aromatic amines is 1. The Morgan fingerprint density at radius 3 is 2.82 bits per heavy atom. The van der Waals surface area contributed by atoms with Crippen molar-refractivity contribution in [2.24, 2.45) is 0 Å². The first-order valence-electron chi connectivity index (χ1n) is 11.2. The van der Waals surface area contributed by atoms with E-state index in [1.807, 2.05) is 24.4 Å². The smallest absolute Gasteiger partial charge is 0.256 e. The van der Waals surface area contributed by atoms with Crippen LogP contribution in [0.2, 0.25) is 0 Å². The minimum Gasteiger partial charge on any atom is -0.358 e. The summed E-state index contributed by atoms with van der Waals surface area (Å²) in [7, 11) is 0. The first-order valence-corrected chi connectivity index (χ1v) is 12.7. The molecule has 1 aliphatic heterocycles. The summed E-state index contributed by atoms with van der Waals surface area (Å²) in [4.78, 5) is 21.4. The fourth-order valence-electron chi connectivity index (χ4n) is 5.10. The first kappa shape index (κ1) is 20.9. The molecule has 2 aromatic carbocycles. The van der Waals surface area contributed by atoms with Gasteiger partial charge in [0.1, 0.15) is 0 Å². The van der Waals surface area contributed by atoms with Gasteiger partial charge >= 0.3 is 0 Å². The Kier molecular flexibility index (Phi) is 5.23. The molecule has 0 spiro atoms. The molecule has 0 saturated heterocycles. The molecule has 6 rings (SSSR count). The van der Waals surface area contributed by atoms with Gasteiger partial charge in [-0.2, -0.15) is 0 Å². The van der Waals surface area contributed by atoms with Gasteiger partial charge in [-0.3, -0.25) is 9.78 Å². The highest BCUT2D eigenvalue weighted by Gasteiger charge is 2.28. The zero-order valence-corrected chi connectivity index (χ0v) is 21.0. The van der Waals surface area contributed by atoms with Crippen LogP contribution in [-0.2, 0) is 24.1 Å². The molecule has 1 amide bonds. The molecule has 33 heavy (non-hydrogen) atoms. The van der Waals surface area contributed by atoms with Gasteiger partial charge in [0.05, 0.1) is 17.0 Å². The normalized spacial score (nSPS) is 16.2. The van der Waals surface area contributed by atoms with Gasteiger partial charge in [0.2, 0.25) is 0 Å². The number of hydrogen-bond acceptors (Lipinski definition) is 2. The SMILES string of the molecule is O=C1Nc2c(Br)cc(Br)cc2C1=Cc1[nH]c2c(c1Cc1nccc3ccccc13)CCCC2. The molecule has 4 aromatic rings. The maximum atomic E-state index is 12.9. The average Bonchev–Trinajstić information content (AvgIpc) is 3.32. The number of fused-ring (bicyclic) bond motifs is 3. The number of pyridine rings is 1. The van der Waals surface area contributed by atoms with Gasteiger partial charge < -0.3 is 10.3 Å². The number of carbonyl (C=O) groups is 1. The van der Waals surface area contributed by atoms with Crippen LogP contribution in [0.5, 0.6) is 0 Å². The van der Waals surface area contributed by atoms with Crippen LogP contribution < -0.4 is 5.32 Å². The molecule has 3 heterocycles. The van der Waals surface area contributed by atoms with Crippen molar-refractivity contribution in [1.82, 2.24) is 9.97 Å². The van der Waals surface area contributed by atoms with Crippen molar-refractivity contribution in [3.05, 3.63) is 91.4 Å². The number of aromatic nitrogens is 2. The maximum Gasteiger partial charge on any atom is 0.256 e. The molecule has 1 aliphatic carbocycles. The number of H-pyrrole nitrogens is 1. The van der Waals surface area contributed by atoms with Crippen molar-refractivity contribution in [3.8, 4) is 0 Å². The Morgan fingerprint density at radius 2 is 1.91 bits per heavy atom. The number of carbonyl (C=O) groups excluding carboxylic acids is 1. The predicted molar refractivity (Wildman–Crippen MR) is 140 cm³/mol. The van der Waals surface area contributed by atoms with Gasteiger partial charge in [-0.1, -0.05) is 40.2 Å². The third-order valence-corrected chi connectivity index (χ3v) is 7.74. The molecule has 0 fully saturated rings. The third-order valence-electron chi connectivity index (χ3n) is 6.66. The van der Waals surface area contributed by atoms with Crippen molar-refractivity contribution in [2.45, 2.75) is 32.1 Å². The van der Waals surface area contributed by atoms with E-state index in [0.29, 0.717) is 5.57 Å². The minimum absolute atomic E-state index is 0.0781. The van der Waals surface area contributed by atoms with Crippen LogP contribution in [0, 0.1) is 0 Å². The third kappa shape index (κ3) is 3.65. The Labute approximate surface area is 208 Å². The summed E-state index contributed by atoms with van der Waals surface area (Å²) in [6.45, 7) is 0. The van der Waals surface area contributed by atoms with Crippen LogP contribution in [-0.4, -0.2) is 15.9 Å². The van der Waals surface area contributed by atoms with Crippen LogP contribution >= 0.6 is 31.9 Å². The highest BCUT2D eigenvalue weighted by atomic mass is 79.9. The van der Waals surface area contributed by atoms with Crippen LogP contribution in [0.4, 0.5) is 5.69 Å². The number of anilines is 1. The second kappa shape index (κ2) is 8.26. The van der Waals surface area contributed by atoms with Crippen molar-refractivity contribution in [3.63, 3.8) is 0 Å². The first-order chi connectivity index (χ1) is 16.1. The van der Waals surface area contributed by atoms with E-state index in [1.165, 1.54) is 40.4 Å². The van der Waals surface area contributed by atoms with E-state index in [4.69, 9.17) is 4.98 Å². The molecular weight excluding hydrogens is 542 g/mol. The molecule has 0 bridgehead atoms. The lowest BCUT2D eigenvalue weighted by atomic mass is 9.91. The van der Waals surface area contributed by atoms with E-state index in [-0.39, 0.29) is 5.91 Å². The highest BCUT2D eigenvalue weighted by Crippen LogP contribution is 2.41. The monoisotopic (exact) mass is 561 g/mol. The molecule has 0 unspecified atom stereocenters. The van der Waals surface area contributed by atoms with Crippen molar-refractivity contribution in [1.29, 1.82) is 0 Å². The molecule has 2 N–H and O–H groups in total. The Morgan fingerprint density at radius 1 is 1.06 bits per heavy atom. The van der Waals surface area contributed by atoms with Gasteiger partial charge in [0, 0.05) is 43.9 Å². The standard InChI is InChI=1S/C27H21Br2N3O/c28-16-11-20-21(27(33)32-26(20)22(29)12-16)14-25-19(18-7-3-4-8-23(18)31-25)13-24-17-6-2-1-5-15(17)9-10-30-24/h1-2,5-6,9-12,14,31H,3-4,7-8,13H2,(H,32,33). The van der Waals surface area contributed by atoms with E-state index in [2.05, 4.69) is 72.5 Å². The molecule has 0 atom stereocenters. The zero-order chi connectivity index (χ0) is 22.5. The fourth-order valence-corrected chi connectivity index (χ4v) is 6.42. The summed E-state index contributed by atoms with van der Waals surface area (Å²) >= 11 is 7.14. The lowest BCUT2D eigenvalue weighted by Gasteiger charge is -2.13. The molecular formula is C27H21Br2N3O. The minimum atomic E-state index is -0.0781. The van der Waals surface area contributed by atoms with Gasteiger partial charge in [0.25, 0.3) is 5.91 Å². The van der Waals surface area contributed by atoms with Crippen LogP contribution in [0.25, 0.3) is 22.4 Å². The molecule has 2 aliphatic rings. The molecule has 2 aromatic heterocycles. The largest absolute Gasteiger partial charge is 0.358 e.